The van der Waals surface area contributed by atoms with E-state index in [4.69, 9.17) is 14.2 Å². The standard InChI is InChI=1S/C18H21NO3/c1-6-13(3)19-9-8-15(7-2)22-18(19)14-10-16(20-4)12-17(11-14)21-5/h6-8,10-12,18H,1-3,9H2,4-5H3. The van der Waals surface area contributed by atoms with Crippen LogP contribution in [0.25, 0.3) is 0 Å². The number of rotatable bonds is 6. The molecule has 1 unspecified atom stereocenters. The van der Waals surface area contributed by atoms with E-state index in [1.54, 1.807) is 26.4 Å². The first-order valence-electron chi connectivity index (χ1n) is 6.93. The van der Waals surface area contributed by atoms with Crippen LogP contribution in [-0.4, -0.2) is 25.7 Å². The molecule has 1 aromatic rings. The Morgan fingerprint density at radius 2 is 1.86 bits per heavy atom. The molecule has 0 bridgehead atoms. The highest BCUT2D eigenvalue weighted by atomic mass is 16.5. The number of methoxy groups -OCH3 is 2. The van der Waals surface area contributed by atoms with Gasteiger partial charge in [-0.3, -0.25) is 0 Å². The van der Waals surface area contributed by atoms with E-state index in [9.17, 15) is 0 Å². The van der Waals surface area contributed by atoms with Gasteiger partial charge in [0.2, 0.25) is 0 Å². The van der Waals surface area contributed by atoms with Crippen LogP contribution in [0.4, 0.5) is 0 Å². The van der Waals surface area contributed by atoms with Gasteiger partial charge >= 0.3 is 0 Å². The minimum absolute atomic E-state index is 0.340. The SMILES string of the molecule is C=CC(=C)N1CC=C(C=C)OC1c1cc(OC)cc(OC)c1. The molecule has 0 aromatic heterocycles. The molecule has 2 rings (SSSR count). The third-order valence-corrected chi connectivity index (χ3v) is 3.48. The van der Waals surface area contributed by atoms with Crippen LogP contribution in [0.3, 0.4) is 0 Å². The van der Waals surface area contributed by atoms with E-state index in [0.29, 0.717) is 18.0 Å². The molecule has 0 radical (unpaired) electrons. The van der Waals surface area contributed by atoms with E-state index < -0.39 is 0 Å². The van der Waals surface area contributed by atoms with Gasteiger partial charge in [0.05, 0.1) is 14.2 Å². The predicted molar refractivity (Wildman–Crippen MR) is 87.7 cm³/mol. The van der Waals surface area contributed by atoms with Gasteiger partial charge < -0.3 is 19.1 Å². The molecular formula is C18H21NO3. The van der Waals surface area contributed by atoms with Crippen molar-refractivity contribution in [3.8, 4) is 11.5 Å². The molecule has 116 valence electrons. The summed E-state index contributed by atoms with van der Waals surface area (Å²) in [6.45, 7) is 12.2. The lowest BCUT2D eigenvalue weighted by Gasteiger charge is -2.37. The van der Waals surface area contributed by atoms with Crippen LogP contribution in [0.15, 0.2) is 67.6 Å². The molecule has 0 fully saturated rings. The summed E-state index contributed by atoms with van der Waals surface area (Å²) in [6, 6.07) is 5.66. The van der Waals surface area contributed by atoms with Gasteiger partial charge in [-0.1, -0.05) is 19.7 Å². The summed E-state index contributed by atoms with van der Waals surface area (Å²) in [6.07, 6.45) is 5.02. The Morgan fingerprint density at radius 1 is 1.23 bits per heavy atom. The lowest BCUT2D eigenvalue weighted by atomic mass is 10.1. The number of nitrogens with zero attached hydrogens (tertiary/aromatic N) is 1. The fourth-order valence-electron chi connectivity index (χ4n) is 2.26. The minimum Gasteiger partial charge on any atom is -0.497 e. The van der Waals surface area contributed by atoms with Crippen molar-refractivity contribution in [2.75, 3.05) is 20.8 Å². The molecule has 4 heteroatoms. The van der Waals surface area contributed by atoms with Gasteiger partial charge in [0, 0.05) is 23.9 Å². The van der Waals surface area contributed by atoms with Crippen molar-refractivity contribution in [1.82, 2.24) is 4.90 Å². The highest BCUT2D eigenvalue weighted by Gasteiger charge is 2.26. The fourth-order valence-corrected chi connectivity index (χ4v) is 2.26. The van der Waals surface area contributed by atoms with Crippen LogP contribution in [0.2, 0.25) is 0 Å². The molecule has 1 aliphatic heterocycles. The second kappa shape index (κ2) is 6.89. The van der Waals surface area contributed by atoms with Crippen LogP contribution >= 0.6 is 0 Å². The first-order valence-corrected chi connectivity index (χ1v) is 6.93. The van der Waals surface area contributed by atoms with Crippen LogP contribution < -0.4 is 9.47 Å². The molecule has 0 amide bonds. The van der Waals surface area contributed by atoms with Crippen molar-refractivity contribution in [2.45, 2.75) is 6.23 Å². The largest absolute Gasteiger partial charge is 0.497 e. The van der Waals surface area contributed by atoms with Crippen molar-refractivity contribution in [3.63, 3.8) is 0 Å². The van der Waals surface area contributed by atoms with Crippen molar-refractivity contribution >= 4 is 0 Å². The van der Waals surface area contributed by atoms with E-state index in [0.717, 1.165) is 17.0 Å². The Morgan fingerprint density at radius 3 is 2.36 bits per heavy atom. The van der Waals surface area contributed by atoms with Crippen molar-refractivity contribution in [1.29, 1.82) is 0 Å². The molecule has 22 heavy (non-hydrogen) atoms. The third-order valence-electron chi connectivity index (χ3n) is 3.48. The van der Waals surface area contributed by atoms with Crippen molar-refractivity contribution < 1.29 is 14.2 Å². The monoisotopic (exact) mass is 299 g/mol. The summed E-state index contributed by atoms with van der Waals surface area (Å²) in [5.74, 6) is 2.15. The maximum absolute atomic E-state index is 6.01. The Bertz CT molecular complexity index is 597. The van der Waals surface area contributed by atoms with E-state index in [2.05, 4.69) is 19.7 Å². The number of benzene rings is 1. The van der Waals surface area contributed by atoms with Crippen LogP contribution in [0.5, 0.6) is 11.5 Å². The van der Waals surface area contributed by atoms with Gasteiger partial charge in [0.25, 0.3) is 0 Å². The second-order valence-electron chi connectivity index (χ2n) is 4.77. The molecule has 0 N–H and O–H groups in total. The zero-order valence-electron chi connectivity index (χ0n) is 13.0. The molecular weight excluding hydrogens is 278 g/mol. The molecule has 1 heterocycles. The summed E-state index contributed by atoms with van der Waals surface area (Å²) in [7, 11) is 3.24. The predicted octanol–water partition coefficient (Wildman–Crippen LogP) is 3.80. The lowest BCUT2D eigenvalue weighted by molar-refractivity contribution is -0.00634. The van der Waals surface area contributed by atoms with Gasteiger partial charge in [0.15, 0.2) is 6.23 Å². The summed E-state index contributed by atoms with van der Waals surface area (Å²) < 4.78 is 16.7. The van der Waals surface area contributed by atoms with Gasteiger partial charge in [0.1, 0.15) is 17.3 Å². The maximum atomic E-state index is 6.01. The van der Waals surface area contributed by atoms with E-state index in [1.165, 1.54) is 0 Å². The van der Waals surface area contributed by atoms with Gasteiger partial charge in [-0.2, -0.15) is 0 Å². The first-order chi connectivity index (χ1) is 10.6. The highest BCUT2D eigenvalue weighted by molar-refractivity contribution is 5.40. The molecule has 4 nitrogen and oxygen atoms in total. The average Bonchev–Trinajstić information content (AvgIpc) is 2.59. The zero-order chi connectivity index (χ0) is 16.1. The number of hydrogen-bond acceptors (Lipinski definition) is 4. The smallest absolute Gasteiger partial charge is 0.199 e. The van der Waals surface area contributed by atoms with Crippen LogP contribution in [-0.2, 0) is 4.74 Å². The van der Waals surface area contributed by atoms with E-state index in [1.807, 2.05) is 29.2 Å². The molecule has 0 aliphatic carbocycles. The molecule has 0 spiro atoms. The zero-order valence-corrected chi connectivity index (χ0v) is 13.0. The molecule has 0 saturated carbocycles. The van der Waals surface area contributed by atoms with Crippen molar-refractivity contribution in [2.24, 2.45) is 0 Å². The van der Waals surface area contributed by atoms with E-state index >= 15 is 0 Å². The Hall–Kier alpha value is -2.62. The summed E-state index contributed by atoms with van der Waals surface area (Å²) >= 11 is 0. The minimum atomic E-state index is -0.340. The van der Waals surface area contributed by atoms with Crippen LogP contribution in [0.1, 0.15) is 11.8 Å². The summed E-state index contributed by atoms with van der Waals surface area (Å²) in [5, 5.41) is 0. The van der Waals surface area contributed by atoms with Gasteiger partial charge in [-0.05, 0) is 30.4 Å². The van der Waals surface area contributed by atoms with Gasteiger partial charge in [-0.15, -0.1) is 0 Å². The fraction of sp³-hybridized carbons (Fsp3) is 0.222. The Labute approximate surface area is 131 Å². The topological polar surface area (TPSA) is 30.9 Å². The number of ether oxygens (including phenoxy) is 3. The third kappa shape index (κ3) is 3.17. The summed E-state index contributed by atoms with van der Waals surface area (Å²) in [4.78, 5) is 2.01. The Balaban J connectivity index is 2.45. The van der Waals surface area contributed by atoms with Gasteiger partial charge in [-0.25, -0.2) is 0 Å². The van der Waals surface area contributed by atoms with Crippen LogP contribution in [0, 0.1) is 0 Å². The molecule has 1 aromatic carbocycles. The highest BCUT2D eigenvalue weighted by Crippen LogP contribution is 2.35. The van der Waals surface area contributed by atoms with Crippen molar-refractivity contribution in [3.05, 3.63) is 73.2 Å². The van der Waals surface area contributed by atoms with E-state index in [-0.39, 0.29) is 6.23 Å². The molecule has 0 saturated heterocycles. The first kappa shape index (κ1) is 15.8. The quantitative estimate of drug-likeness (QED) is 0.748. The molecule has 1 aliphatic rings. The average molecular weight is 299 g/mol. The number of allylic oxidation sites excluding steroid dienone is 2. The maximum Gasteiger partial charge on any atom is 0.199 e. The molecule has 1 atom stereocenters. The normalized spacial score (nSPS) is 17.1. The number of hydrogen-bond donors (Lipinski definition) is 0. The lowest BCUT2D eigenvalue weighted by Crippen LogP contribution is -2.32. The summed E-state index contributed by atoms with van der Waals surface area (Å²) in [5.41, 5.74) is 1.69. The second-order valence-corrected chi connectivity index (χ2v) is 4.77. The Kier molecular flexibility index (Phi) is 4.94.